The molecule has 1 aliphatic heterocycles. The van der Waals surface area contributed by atoms with E-state index >= 15 is 0 Å². The average Bonchev–Trinajstić information content (AvgIpc) is 2.56. The molecule has 2 rings (SSSR count). The van der Waals surface area contributed by atoms with Crippen LogP contribution in [0.3, 0.4) is 0 Å². The van der Waals surface area contributed by atoms with Crippen LogP contribution in [0.4, 0.5) is 0 Å². The lowest BCUT2D eigenvalue weighted by molar-refractivity contribution is 0.166. The molecule has 0 radical (unpaired) electrons. The number of nitrogens with one attached hydrogen (secondary N) is 1. The van der Waals surface area contributed by atoms with Crippen LogP contribution in [0, 0.1) is 0 Å². The summed E-state index contributed by atoms with van der Waals surface area (Å²) in [5.41, 5.74) is 1.27. The van der Waals surface area contributed by atoms with Crippen molar-refractivity contribution in [2.45, 2.75) is 19.5 Å². The van der Waals surface area contributed by atoms with E-state index in [9.17, 15) is 0 Å². The molecule has 2 heterocycles. The minimum atomic E-state index is 0.611. The van der Waals surface area contributed by atoms with Crippen molar-refractivity contribution in [1.82, 2.24) is 10.2 Å². The summed E-state index contributed by atoms with van der Waals surface area (Å²) in [5.74, 6) is 0. The first-order chi connectivity index (χ1) is 6.77. The molecule has 1 atom stereocenters. The van der Waals surface area contributed by atoms with Crippen LogP contribution in [0.1, 0.15) is 12.5 Å². The summed E-state index contributed by atoms with van der Waals surface area (Å²) in [6.07, 6.45) is 0. The Kier molecular flexibility index (Phi) is 3.44. The normalized spacial score (nSPS) is 24.0. The smallest absolute Gasteiger partial charge is 0.0973 e. The summed E-state index contributed by atoms with van der Waals surface area (Å²) in [7, 11) is 0. The quantitative estimate of drug-likeness (QED) is 0.838. The Morgan fingerprint density at radius 2 is 2.57 bits per heavy atom. The van der Waals surface area contributed by atoms with Crippen molar-refractivity contribution in [3.63, 3.8) is 0 Å². The van der Waals surface area contributed by atoms with Crippen LogP contribution in [0.5, 0.6) is 0 Å². The Morgan fingerprint density at radius 1 is 1.71 bits per heavy atom. The van der Waals surface area contributed by atoms with E-state index in [4.69, 9.17) is 11.6 Å². The van der Waals surface area contributed by atoms with Gasteiger partial charge in [0, 0.05) is 32.2 Å². The largest absolute Gasteiger partial charge is 0.314 e. The minimum absolute atomic E-state index is 0.611. The van der Waals surface area contributed by atoms with Crippen LogP contribution in [0.15, 0.2) is 11.4 Å². The highest BCUT2D eigenvalue weighted by atomic mass is 35.5. The first-order valence-corrected chi connectivity index (χ1v) is 6.20. The standard InChI is InChI=1S/C10H15ClN2S/c1-8-6-12-3-4-13(8)7-9-2-5-14-10(9)11/h2,5,8,12H,3-4,6-7H2,1H3/t8-/m1/s1. The highest BCUT2D eigenvalue weighted by Crippen LogP contribution is 2.24. The van der Waals surface area contributed by atoms with E-state index < -0.39 is 0 Å². The van der Waals surface area contributed by atoms with Crippen LogP contribution < -0.4 is 5.32 Å². The molecule has 0 unspecified atom stereocenters. The third kappa shape index (κ3) is 2.28. The fraction of sp³-hybridized carbons (Fsp3) is 0.600. The van der Waals surface area contributed by atoms with Gasteiger partial charge in [-0.1, -0.05) is 11.6 Å². The van der Waals surface area contributed by atoms with Gasteiger partial charge in [-0.05, 0) is 23.9 Å². The summed E-state index contributed by atoms with van der Waals surface area (Å²) >= 11 is 7.70. The zero-order valence-corrected chi connectivity index (χ0v) is 9.87. The van der Waals surface area contributed by atoms with Crippen molar-refractivity contribution in [1.29, 1.82) is 0 Å². The summed E-state index contributed by atoms with van der Waals surface area (Å²) in [4.78, 5) is 2.48. The summed E-state index contributed by atoms with van der Waals surface area (Å²) < 4.78 is 0.940. The molecule has 1 aromatic heterocycles. The lowest BCUT2D eigenvalue weighted by Gasteiger charge is -2.33. The molecule has 0 amide bonds. The highest BCUT2D eigenvalue weighted by Gasteiger charge is 2.18. The van der Waals surface area contributed by atoms with E-state index in [1.54, 1.807) is 11.3 Å². The lowest BCUT2D eigenvalue weighted by atomic mass is 10.2. The molecule has 14 heavy (non-hydrogen) atoms. The minimum Gasteiger partial charge on any atom is -0.314 e. The van der Waals surface area contributed by atoms with E-state index in [2.05, 4.69) is 28.6 Å². The Balaban J connectivity index is 1.99. The molecule has 2 nitrogen and oxygen atoms in total. The number of hydrogen-bond donors (Lipinski definition) is 1. The van der Waals surface area contributed by atoms with Gasteiger partial charge < -0.3 is 5.32 Å². The monoisotopic (exact) mass is 230 g/mol. The molecule has 0 aromatic carbocycles. The number of nitrogens with zero attached hydrogens (tertiary/aromatic N) is 1. The molecule has 4 heteroatoms. The maximum Gasteiger partial charge on any atom is 0.0973 e. The Morgan fingerprint density at radius 3 is 3.21 bits per heavy atom. The molecule has 1 fully saturated rings. The van der Waals surface area contributed by atoms with Crippen molar-refractivity contribution in [3.05, 3.63) is 21.3 Å². The number of hydrogen-bond acceptors (Lipinski definition) is 3. The number of rotatable bonds is 2. The van der Waals surface area contributed by atoms with Gasteiger partial charge >= 0.3 is 0 Å². The van der Waals surface area contributed by atoms with Gasteiger partial charge in [-0.15, -0.1) is 11.3 Å². The van der Waals surface area contributed by atoms with Crippen molar-refractivity contribution < 1.29 is 0 Å². The van der Waals surface area contributed by atoms with Gasteiger partial charge in [-0.3, -0.25) is 4.90 Å². The van der Waals surface area contributed by atoms with Crippen LogP contribution in [-0.4, -0.2) is 30.6 Å². The van der Waals surface area contributed by atoms with E-state index in [1.165, 1.54) is 5.56 Å². The predicted octanol–water partition coefficient (Wildman–Crippen LogP) is 2.20. The second kappa shape index (κ2) is 4.62. The van der Waals surface area contributed by atoms with Gasteiger partial charge in [0.15, 0.2) is 0 Å². The second-order valence-electron chi connectivity index (χ2n) is 3.74. The van der Waals surface area contributed by atoms with Crippen LogP contribution >= 0.6 is 22.9 Å². The number of thiophene rings is 1. The molecule has 0 bridgehead atoms. The second-order valence-corrected chi connectivity index (χ2v) is 5.26. The molecule has 0 aliphatic carbocycles. The van der Waals surface area contributed by atoms with Crippen molar-refractivity contribution >= 4 is 22.9 Å². The predicted molar refractivity (Wildman–Crippen MR) is 62.1 cm³/mol. The van der Waals surface area contributed by atoms with E-state index in [-0.39, 0.29) is 0 Å². The topological polar surface area (TPSA) is 15.3 Å². The maximum atomic E-state index is 6.08. The summed E-state index contributed by atoms with van der Waals surface area (Å²) in [6, 6.07) is 2.74. The summed E-state index contributed by atoms with van der Waals surface area (Å²) in [6.45, 7) is 6.54. The van der Waals surface area contributed by atoms with E-state index in [0.717, 1.165) is 30.5 Å². The van der Waals surface area contributed by atoms with Crippen LogP contribution in [-0.2, 0) is 6.54 Å². The summed E-state index contributed by atoms with van der Waals surface area (Å²) in [5, 5.41) is 5.45. The van der Waals surface area contributed by atoms with Gasteiger partial charge in [0.25, 0.3) is 0 Å². The number of halogens is 1. The Labute approximate surface area is 93.9 Å². The molecule has 1 N–H and O–H groups in total. The molecule has 1 aromatic rings. The van der Waals surface area contributed by atoms with Crippen molar-refractivity contribution in [2.24, 2.45) is 0 Å². The average molecular weight is 231 g/mol. The molecule has 1 aliphatic rings. The van der Waals surface area contributed by atoms with Gasteiger partial charge in [0.2, 0.25) is 0 Å². The van der Waals surface area contributed by atoms with E-state index in [1.807, 2.05) is 0 Å². The highest BCUT2D eigenvalue weighted by molar-refractivity contribution is 7.14. The zero-order chi connectivity index (χ0) is 9.97. The third-order valence-electron chi connectivity index (χ3n) is 2.71. The molecule has 1 saturated heterocycles. The molecular formula is C10H15ClN2S. The molecule has 78 valence electrons. The lowest BCUT2D eigenvalue weighted by Crippen LogP contribution is -2.49. The first kappa shape index (κ1) is 10.4. The Hall–Kier alpha value is -0.0900. The molecule has 0 spiro atoms. The molecular weight excluding hydrogens is 216 g/mol. The van der Waals surface area contributed by atoms with Gasteiger partial charge in [-0.2, -0.15) is 0 Å². The Bertz CT molecular complexity index is 300. The van der Waals surface area contributed by atoms with Crippen LogP contribution in [0.25, 0.3) is 0 Å². The van der Waals surface area contributed by atoms with Crippen molar-refractivity contribution in [3.8, 4) is 0 Å². The van der Waals surface area contributed by atoms with Crippen molar-refractivity contribution in [2.75, 3.05) is 19.6 Å². The fourth-order valence-corrected chi connectivity index (χ4v) is 2.68. The third-order valence-corrected chi connectivity index (χ3v) is 3.96. The fourth-order valence-electron chi connectivity index (χ4n) is 1.77. The SMILES string of the molecule is C[C@@H]1CNCCN1Cc1ccsc1Cl. The van der Waals surface area contributed by atoms with Crippen LogP contribution in [0.2, 0.25) is 4.34 Å². The maximum absolute atomic E-state index is 6.08. The van der Waals surface area contributed by atoms with Gasteiger partial charge in [0.1, 0.15) is 0 Å². The zero-order valence-electron chi connectivity index (χ0n) is 8.29. The molecule has 0 saturated carbocycles. The van der Waals surface area contributed by atoms with E-state index in [0.29, 0.717) is 6.04 Å². The van der Waals surface area contributed by atoms with Gasteiger partial charge in [-0.25, -0.2) is 0 Å². The van der Waals surface area contributed by atoms with Gasteiger partial charge in [0.05, 0.1) is 4.34 Å². The first-order valence-electron chi connectivity index (χ1n) is 4.94. The number of piperazine rings is 1.